The Morgan fingerprint density at radius 2 is 2.00 bits per heavy atom. The highest BCUT2D eigenvalue weighted by molar-refractivity contribution is 8.19. The van der Waals surface area contributed by atoms with E-state index in [0.29, 0.717) is 50.7 Å². The summed E-state index contributed by atoms with van der Waals surface area (Å²) in [4.78, 5) is 29.2. The first-order valence-corrected chi connectivity index (χ1v) is 10.1. The molecule has 8 heteroatoms. The summed E-state index contributed by atoms with van der Waals surface area (Å²) in [6, 6.07) is 7.57. The second-order valence-corrected chi connectivity index (χ2v) is 7.58. The molecule has 0 radical (unpaired) electrons. The normalized spacial score (nSPS) is 19.1. The summed E-state index contributed by atoms with van der Waals surface area (Å²) in [6.07, 6.45) is 2.91. The van der Waals surface area contributed by atoms with Crippen molar-refractivity contribution in [2.45, 2.75) is 12.8 Å². The lowest BCUT2D eigenvalue weighted by Crippen LogP contribution is -2.41. The zero-order valence-corrected chi connectivity index (χ0v) is 16.8. The quantitative estimate of drug-likeness (QED) is 0.534. The summed E-state index contributed by atoms with van der Waals surface area (Å²) < 4.78 is 10.4. The van der Waals surface area contributed by atoms with Crippen LogP contribution in [0.25, 0.3) is 6.08 Å². The van der Waals surface area contributed by atoms with Gasteiger partial charge in [-0.1, -0.05) is 24.4 Å². The Morgan fingerprint density at radius 3 is 2.67 bits per heavy atom. The van der Waals surface area contributed by atoms with Crippen molar-refractivity contribution in [1.29, 1.82) is 0 Å². The summed E-state index contributed by atoms with van der Waals surface area (Å²) in [5.41, 5.74) is 0.956. The zero-order valence-electron chi connectivity index (χ0n) is 15.2. The van der Waals surface area contributed by atoms with E-state index >= 15 is 0 Å². The maximum atomic E-state index is 12.3. The predicted octanol–water partition coefficient (Wildman–Crippen LogP) is 3.17. The van der Waals surface area contributed by atoms with Crippen LogP contribution >= 0.6 is 24.0 Å². The average Bonchev–Trinajstić information content (AvgIpc) is 2.96. The Labute approximate surface area is 168 Å². The highest BCUT2D eigenvalue weighted by Gasteiger charge is 2.31. The molecular weight excluding hydrogens is 384 g/mol. The molecule has 2 aliphatic rings. The topological polar surface area (TPSA) is 59.1 Å². The van der Waals surface area contributed by atoms with Gasteiger partial charge in [0, 0.05) is 26.1 Å². The molecule has 0 spiro atoms. The molecule has 0 aromatic heterocycles. The van der Waals surface area contributed by atoms with Crippen molar-refractivity contribution in [3.63, 3.8) is 0 Å². The van der Waals surface area contributed by atoms with E-state index in [2.05, 4.69) is 0 Å². The molecule has 144 valence electrons. The summed E-state index contributed by atoms with van der Waals surface area (Å²) in [7, 11) is 1.62. The molecule has 2 saturated heterocycles. The van der Waals surface area contributed by atoms with Crippen molar-refractivity contribution in [3.8, 4) is 5.75 Å². The second kappa shape index (κ2) is 9.34. The lowest BCUT2D eigenvalue weighted by Gasteiger charge is -2.27. The van der Waals surface area contributed by atoms with E-state index in [1.54, 1.807) is 12.0 Å². The largest absolute Gasteiger partial charge is 0.497 e. The van der Waals surface area contributed by atoms with Crippen molar-refractivity contribution >= 4 is 46.2 Å². The lowest BCUT2D eigenvalue weighted by molar-refractivity contribution is -0.135. The molecule has 0 atom stereocenters. The molecule has 2 aliphatic heterocycles. The van der Waals surface area contributed by atoms with Gasteiger partial charge in [0.05, 0.1) is 25.2 Å². The molecule has 0 aliphatic carbocycles. The number of methoxy groups -OCH3 is 1. The van der Waals surface area contributed by atoms with Crippen LogP contribution in [-0.4, -0.2) is 65.9 Å². The first kappa shape index (κ1) is 19.9. The smallest absolute Gasteiger partial charge is 0.291 e. The monoisotopic (exact) mass is 406 g/mol. The number of carbonyl (C=O) groups is 2. The SMILES string of the molecule is COc1ccc(/C=C2/SC(=O)N(CCCC(=O)N3CCOCC3)C2=S)cc1. The van der Waals surface area contributed by atoms with Crippen molar-refractivity contribution in [1.82, 2.24) is 9.80 Å². The maximum Gasteiger partial charge on any atom is 0.291 e. The molecule has 2 fully saturated rings. The summed E-state index contributed by atoms with van der Waals surface area (Å²) in [5, 5.41) is -0.0846. The van der Waals surface area contributed by atoms with E-state index in [-0.39, 0.29) is 11.1 Å². The molecular formula is C19H22N2O4S2. The fourth-order valence-corrected chi connectivity index (χ4v) is 4.19. The lowest BCUT2D eigenvalue weighted by atomic mass is 10.2. The van der Waals surface area contributed by atoms with Gasteiger partial charge in [0.1, 0.15) is 10.7 Å². The maximum absolute atomic E-state index is 12.3. The number of rotatable bonds is 6. The van der Waals surface area contributed by atoms with Gasteiger partial charge in [0.15, 0.2) is 0 Å². The third-order valence-electron chi connectivity index (χ3n) is 4.42. The average molecular weight is 407 g/mol. The summed E-state index contributed by atoms with van der Waals surface area (Å²) >= 11 is 6.61. The number of nitrogens with zero attached hydrogens (tertiary/aromatic N) is 2. The minimum Gasteiger partial charge on any atom is -0.497 e. The second-order valence-electron chi connectivity index (χ2n) is 6.20. The fourth-order valence-electron chi connectivity index (χ4n) is 2.90. The fraction of sp³-hybridized carbons (Fsp3) is 0.421. The highest BCUT2D eigenvalue weighted by atomic mass is 32.2. The minimum absolute atomic E-state index is 0.0846. The Bertz CT molecular complexity index is 743. The van der Waals surface area contributed by atoms with E-state index in [0.717, 1.165) is 28.0 Å². The van der Waals surface area contributed by atoms with Crippen LogP contribution in [0.2, 0.25) is 0 Å². The molecule has 0 bridgehead atoms. The third-order valence-corrected chi connectivity index (χ3v) is 5.92. The number of thioether (sulfide) groups is 1. The summed E-state index contributed by atoms with van der Waals surface area (Å²) in [5.74, 6) is 0.888. The van der Waals surface area contributed by atoms with Crippen molar-refractivity contribution < 1.29 is 19.1 Å². The van der Waals surface area contributed by atoms with Gasteiger partial charge in [-0.2, -0.15) is 0 Å². The molecule has 0 saturated carbocycles. The van der Waals surface area contributed by atoms with E-state index in [9.17, 15) is 9.59 Å². The van der Waals surface area contributed by atoms with Gasteiger partial charge < -0.3 is 14.4 Å². The van der Waals surface area contributed by atoms with E-state index < -0.39 is 0 Å². The zero-order chi connectivity index (χ0) is 19.2. The van der Waals surface area contributed by atoms with Gasteiger partial charge in [0.25, 0.3) is 5.24 Å². The molecule has 3 rings (SSSR count). The van der Waals surface area contributed by atoms with Crippen LogP contribution in [0.3, 0.4) is 0 Å². The number of morpholine rings is 1. The molecule has 2 heterocycles. The first-order chi connectivity index (χ1) is 13.1. The number of thiocarbonyl (C=S) groups is 1. The molecule has 2 amide bonds. The Morgan fingerprint density at radius 1 is 1.30 bits per heavy atom. The van der Waals surface area contributed by atoms with Crippen molar-refractivity contribution in [3.05, 3.63) is 34.7 Å². The minimum atomic E-state index is -0.0846. The first-order valence-electron chi connectivity index (χ1n) is 8.83. The third kappa shape index (κ3) is 5.09. The number of hydrogen-bond donors (Lipinski definition) is 0. The molecule has 6 nitrogen and oxygen atoms in total. The number of hydrogen-bond acceptors (Lipinski definition) is 6. The molecule has 1 aromatic carbocycles. The van der Waals surface area contributed by atoms with E-state index in [1.807, 2.05) is 35.2 Å². The Balaban J connectivity index is 1.54. The van der Waals surface area contributed by atoms with E-state index in [4.69, 9.17) is 21.7 Å². The number of amides is 2. The van der Waals surface area contributed by atoms with Crippen LogP contribution in [0.1, 0.15) is 18.4 Å². The molecule has 0 unspecified atom stereocenters. The van der Waals surface area contributed by atoms with Gasteiger partial charge in [-0.25, -0.2) is 0 Å². The number of ether oxygens (including phenoxy) is 2. The van der Waals surface area contributed by atoms with Crippen LogP contribution in [0, 0.1) is 0 Å². The standard InChI is InChI=1S/C19H22N2O4S2/c1-24-15-6-4-14(5-7-15)13-16-18(26)21(19(23)27-16)8-2-3-17(22)20-9-11-25-12-10-20/h4-7,13H,2-3,8-12H2,1H3/b16-13+. The number of benzene rings is 1. The van der Waals surface area contributed by atoms with Crippen LogP contribution < -0.4 is 4.74 Å². The Hall–Kier alpha value is -1.90. The van der Waals surface area contributed by atoms with Gasteiger partial charge in [-0.15, -0.1) is 0 Å². The van der Waals surface area contributed by atoms with Gasteiger partial charge in [0.2, 0.25) is 5.91 Å². The van der Waals surface area contributed by atoms with Gasteiger partial charge in [-0.05, 0) is 42.0 Å². The van der Waals surface area contributed by atoms with Crippen LogP contribution in [0.4, 0.5) is 4.79 Å². The van der Waals surface area contributed by atoms with Crippen LogP contribution in [0.15, 0.2) is 29.2 Å². The molecule has 0 N–H and O–H groups in total. The molecule has 1 aromatic rings. The van der Waals surface area contributed by atoms with Crippen molar-refractivity contribution in [2.75, 3.05) is 40.0 Å². The molecule has 27 heavy (non-hydrogen) atoms. The summed E-state index contributed by atoms with van der Waals surface area (Å²) in [6.45, 7) is 2.93. The van der Waals surface area contributed by atoms with Gasteiger partial charge in [-0.3, -0.25) is 14.5 Å². The van der Waals surface area contributed by atoms with Crippen molar-refractivity contribution in [2.24, 2.45) is 0 Å². The Kier molecular flexibility index (Phi) is 6.87. The number of carbonyl (C=O) groups excluding carboxylic acids is 2. The van der Waals surface area contributed by atoms with Crippen LogP contribution in [0.5, 0.6) is 5.75 Å². The predicted molar refractivity (Wildman–Crippen MR) is 110 cm³/mol. The van der Waals surface area contributed by atoms with Gasteiger partial charge >= 0.3 is 0 Å². The van der Waals surface area contributed by atoms with E-state index in [1.165, 1.54) is 0 Å². The van der Waals surface area contributed by atoms with Crippen LogP contribution in [-0.2, 0) is 9.53 Å². The highest BCUT2D eigenvalue weighted by Crippen LogP contribution is 2.33.